The lowest BCUT2D eigenvalue weighted by Gasteiger charge is -2.14. The fourth-order valence-electron chi connectivity index (χ4n) is 2.81. The van der Waals surface area contributed by atoms with Gasteiger partial charge in [-0.2, -0.15) is 0 Å². The minimum atomic E-state index is -2.87. The van der Waals surface area contributed by atoms with Crippen LogP contribution in [-0.4, -0.2) is 23.4 Å². The van der Waals surface area contributed by atoms with Gasteiger partial charge in [0.05, 0.1) is 0 Å². The molecule has 0 unspecified atom stereocenters. The first-order valence-corrected chi connectivity index (χ1v) is 10.5. The van der Waals surface area contributed by atoms with Crippen LogP contribution in [0.15, 0.2) is 34.8 Å². The van der Waals surface area contributed by atoms with E-state index in [0.29, 0.717) is 21.7 Å². The smallest absolute Gasteiger partial charge is 0.245 e. The van der Waals surface area contributed by atoms with Crippen LogP contribution >= 0.6 is 27.5 Å². The minimum Gasteiger partial charge on any atom is -0.508 e. The highest BCUT2D eigenvalue weighted by Gasteiger charge is 2.22. The molecular weight excluding hydrogens is 466 g/mol. The van der Waals surface area contributed by atoms with Crippen LogP contribution in [0.1, 0.15) is 56.2 Å². The van der Waals surface area contributed by atoms with Crippen molar-refractivity contribution in [2.45, 2.75) is 51.9 Å². The Bertz CT molecular complexity index is 856. The highest BCUT2D eigenvalue weighted by molar-refractivity contribution is 9.10. The van der Waals surface area contributed by atoms with E-state index in [0.717, 1.165) is 23.6 Å². The summed E-state index contributed by atoms with van der Waals surface area (Å²) in [6.07, 6.45) is -0.191. The van der Waals surface area contributed by atoms with Gasteiger partial charge in [0.15, 0.2) is 5.78 Å². The molecule has 0 bridgehead atoms. The Kier molecular flexibility index (Phi) is 8.06. The van der Waals surface area contributed by atoms with Gasteiger partial charge >= 0.3 is 0 Å². The highest BCUT2D eigenvalue weighted by Crippen LogP contribution is 2.34. The number of halogens is 4. The molecule has 0 spiro atoms. The average molecular weight is 490 g/mol. The predicted octanol–water partition coefficient (Wildman–Crippen LogP) is 6.91. The highest BCUT2D eigenvalue weighted by atomic mass is 79.9. The van der Waals surface area contributed by atoms with Crippen LogP contribution in [0.25, 0.3) is 0 Å². The van der Waals surface area contributed by atoms with Crippen LogP contribution in [0.4, 0.5) is 8.78 Å². The third kappa shape index (κ3) is 7.27. The number of Topliss-reactive ketones (excluding diaryl/α,β-unsaturated/α-hetero) is 1. The summed E-state index contributed by atoms with van der Waals surface area (Å²) in [7, 11) is 0. The zero-order chi connectivity index (χ0) is 21.8. The van der Waals surface area contributed by atoms with Crippen LogP contribution in [0.2, 0.25) is 5.02 Å². The molecule has 0 aliphatic carbocycles. The van der Waals surface area contributed by atoms with Gasteiger partial charge in [-0.3, -0.25) is 4.79 Å². The molecule has 29 heavy (non-hydrogen) atoms. The number of phenolic OH excluding ortho intramolecular Hbond substituents is 1. The molecule has 1 N–H and O–H groups in total. The minimum absolute atomic E-state index is 0.190. The Morgan fingerprint density at radius 2 is 1.97 bits per heavy atom. The molecule has 0 aliphatic heterocycles. The molecular formula is C22H24BrClF2O3. The van der Waals surface area contributed by atoms with Gasteiger partial charge in [0.2, 0.25) is 5.92 Å². The average Bonchev–Trinajstić information content (AvgIpc) is 2.61. The summed E-state index contributed by atoms with van der Waals surface area (Å²) in [6, 6.07) is 8.78. The monoisotopic (exact) mass is 488 g/mol. The maximum Gasteiger partial charge on any atom is 0.245 e. The lowest BCUT2D eigenvalue weighted by Crippen LogP contribution is -2.16. The molecule has 0 heterocycles. The van der Waals surface area contributed by atoms with Crippen LogP contribution in [0.3, 0.4) is 0 Å². The molecule has 0 radical (unpaired) electrons. The van der Waals surface area contributed by atoms with Gasteiger partial charge in [0.25, 0.3) is 0 Å². The van der Waals surface area contributed by atoms with E-state index in [9.17, 15) is 18.7 Å². The standard InChI is InChI=1S/C22H24BrClF2O3/c1-13(2)17-8-14(4-5-21(17)28)9-18-19(23)10-16(11-20(18)24)29-12-15(27)6-7-22(3,25)26/h4-5,8,10-11,13,28H,6-7,9,12H2,1-3H3. The number of benzene rings is 2. The number of phenols is 1. The molecule has 3 nitrogen and oxygen atoms in total. The molecule has 0 fully saturated rings. The number of alkyl halides is 2. The van der Waals surface area contributed by atoms with Crippen molar-refractivity contribution < 1.29 is 23.4 Å². The van der Waals surface area contributed by atoms with Crippen molar-refractivity contribution in [2.24, 2.45) is 0 Å². The van der Waals surface area contributed by atoms with Gasteiger partial charge in [-0.25, -0.2) is 8.78 Å². The largest absolute Gasteiger partial charge is 0.508 e. The number of ketones is 1. The molecule has 0 amide bonds. The maximum atomic E-state index is 12.8. The summed E-state index contributed by atoms with van der Waals surface area (Å²) in [5.41, 5.74) is 2.71. The topological polar surface area (TPSA) is 46.5 Å². The fraction of sp³-hybridized carbons (Fsp3) is 0.409. The van der Waals surface area contributed by atoms with Crippen LogP contribution in [0.5, 0.6) is 11.5 Å². The van der Waals surface area contributed by atoms with Gasteiger partial charge in [0, 0.05) is 28.8 Å². The Morgan fingerprint density at radius 1 is 1.28 bits per heavy atom. The van der Waals surface area contributed by atoms with Crippen molar-refractivity contribution >= 4 is 33.3 Å². The Labute approximate surface area is 183 Å². The van der Waals surface area contributed by atoms with Gasteiger partial charge in [-0.05, 0) is 47.7 Å². The molecule has 0 saturated heterocycles. The van der Waals surface area contributed by atoms with Crippen LogP contribution < -0.4 is 4.74 Å². The molecule has 0 aromatic heterocycles. The number of carbonyl (C=O) groups is 1. The zero-order valence-electron chi connectivity index (χ0n) is 16.6. The van der Waals surface area contributed by atoms with Crippen molar-refractivity contribution in [2.75, 3.05) is 6.61 Å². The summed E-state index contributed by atoms with van der Waals surface area (Å²) in [5, 5.41) is 10.4. The summed E-state index contributed by atoms with van der Waals surface area (Å²) in [5.74, 6) is -2.42. The number of hydrogen-bond acceptors (Lipinski definition) is 3. The van der Waals surface area contributed by atoms with Gasteiger partial charge in [-0.15, -0.1) is 0 Å². The van der Waals surface area contributed by atoms with Gasteiger partial charge < -0.3 is 9.84 Å². The summed E-state index contributed by atoms with van der Waals surface area (Å²) in [4.78, 5) is 11.7. The lowest BCUT2D eigenvalue weighted by atomic mass is 9.96. The quantitative estimate of drug-likeness (QED) is 0.416. The normalized spacial score (nSPS) is 11.7. The van der Waals surface area contributed by atoms with Crippen molar-refractivity contribution in [3.63, 3.8) is 0 Å². The maximum absolute atomic E-state index is 12.8. The Morgan fingerprint density at radius 3 is 2.55 bits per heavy atom. The first kappa shape index (κ1) is 23.6. The molecule has 7 heteroatoms. The van der Waals surface area contributed by atoms with Crippen molar-refractivity contribution in [1.82, 2.24) is 0 Å². The van der Waals surface area contributed by atoms with Crippen molar-refractivity contribution in [3.8, 4) is 11.5 Å². The Balaban J connectivity index is 2.08. The van der Waals surface area contributed by atoms with Crippen LogP contribution in [-0.2, 0) is 11.2 Å². The second-order valence-corrected chi connectivity index (χ2v) is 8.75. The van der Waals surface area contributed by atoms with E-state index >= 15 is 0 Å². The van der Waals surface area contributed by atoms with E-state index < -0.39 is 18.1 Å². The third-order valence-electron chi connectivity index (χ3n) is 4.45. The first-order chi connectivity index (χ1) is 13.5. The number of hydrogen-bond donors (Lipinski definition) is 1. The van der Waals surface area contributed by atoms with Crippen LogP contribution in [0, 0.1) is 0 Å². The summed E-state index contributed by atoms with van der Waals surface area (Å²) in [6.45, 7) is 4.52. The van der Waals surface area contributed by atoms with Crippen molar-refractivity contribution in [3.05, 3.63) is 56.5 Å². The second-order valence-electron chi connectivity index (χ2n) is 7.49. The number of aromatic hydroxyl groups is 1. The van der Waals surface area contributed by atoms with E-state index in [1.54, 1.807) is 18.2 Å². The fourth-order valence-corrected chi connectivity index (χ4v) is 3.78. The van der Waals surface area contributed by atoms with E-state index in [1.807, 2.05) is 26.0 Å². The number of ether oxygens (including phenoxy) is 1. The first-order valence-electron chi connectivity index (χ1n) is 9.28. The molecule has 0 atom stereocenters. The molecule has 0 aliphatic rings. The van der Waals surface area contributed by atoms with E-state index in [-0.39, 0.29) is 24.7 Å². The second kappa shape index (κ2) is 9.90. The van der Waals surface area contributed by atoms with Gasteiger partial charge in [-0.1, -0.05) is 53.5 Å². The van der Waals surface area contributed by atoms with E-state index in [2.05, 4.69) is 15.9 Å². The lowest BCUT2D eigenvalue weighted by molar-refractivity contribution is -0.122. The van der Waals surface area contributed by atoms with Gasteiger partial charge in [0.1, 0.15) is 18.1 Å². The Hall–Kier alpha value is -1.66. The molecule has 158 valence electrons. The number of rotatable bonds is 9. The molecule has 2 rings (SSSR count). The SMILES string of the molecule is CC(C)c1cc(Cc2c(Cl)cc(OCC(=O)CCC(C)(F)F)cc2Br)ccc1O. The molecule has 2 aromatic rings. The number of carbonyl (C=O) groups excluding carboxylic acids is 1. The van der Waals surface area contributed by atoms with E-state index in [1.165, 1.54) is 0 Å². The molecule has 0 saturated carbocycles. The van der Waals surface area contributed by atoms with Crippen molar-refractivity contribution in [1.29, 1.82) is 0 Å². The third-order valence-corrected chi connectivity index (χ3v) is 5.50. The molecule has 2 aromatic carbocycles. The zero-order valence-corrected chi connectivity index (χ0v) is 18.9. The van der Waals surface area contributed by atoms with E-state index in [4.69, 9.17) is 16.3 Å². The predicted molar refractivity (Wildman–Crippen MR) is 115 cm³/mol. The summed E-state index contributed by atoms with van der Waals surface area (Å²) < 4.78 is 31.8. The summed E-state index contributed by atoms with van der Waals surface area (Å²) >= 11 is 9.89.